The summed E-state index contributed by atoms with van der Waals surface area (Å²) in [6, 6.07) is 16.6. The van der Waals surface area contributed by atoms with Gasteiger partial charge in [0.25, 0.3) is 0 Å². The van der Waals surface area contributed by atoms with Crippen LogP contribution in [0.15, 0.2) is 48.5 Å². The fourth-order valence-corrected chi connectivity index (χ4v) is 4.32. The Balaban J connectivity index is 1.45. The number of nitrogens with zero attached hydrogens (tertiary/aromatic N) is 3. The van der Waals surface area contributed by atoms with E-state index in [1.54, 1.807) is 0 Å². The Labute approximate surface area is 178 Å². The molecule has 0 saturated carbocycles. The second-order valence-electron chi connectivity index (χ2n) is 8.08. The summed E-state index contributed by atoms with van der Waals surface area (Å²) in [4.78, 5) is 19.4. The monoisotopic (exact) mass is 405 g/mol. The lowest BCUT2D eigenvalue weighted by Gasteiger charge is -2.25. The van der Waals surface area contributed by atoms with Crippen molar-refractivity contribution in [3.05, 3.63) is 59.9 Å². The molecular formula is C25H31N3O2. The number of carbonyl (C=O) groups excluding carboxylic acids is 1. The molecule has 4 rings (SSSR count). The molecule has 1 amide bonds. The normalized spacial score (nSPS) is 16.3. The van der Waals surface area contributed by atoms with Crippen LogP contribution in [0.2, 0.25) is 0 Å². The Morgan fingerprint density at radius 1 is 1.13 bits per heavy atom. The Morgan fingerprint density at radius 2 is 1.93 bits per heavy atom. The smallest absolute Gasteiger partial charge is 0.222 e. The number of amides is 1. The molecule has 3 aromatic rings. The van der Waals surface area contributed by atoms with E-state index < -0.39 is 0 Å². The van der Waals surface area contributed by atoms with Crippen LogP contribution in [0.25, 0.3) is 11.0 Å². The molecule has 2 aromatic carbocycles. The minimum Gasteiger partial charge on any atom is -0.494 e. The van der Waals surface area contributed by atoms with Gasteiger partial charge in [-0.25, -0.2) is 4.98 Å². The van der Waals surface area contributed by atoms with Crippen LogP contribution in [0.5, 0.6) is 5.75 Å². The van der Waals surface area contributed by atoms with Crippen LogP contribution < -0.4 is 4.74 Å². The first kappa shape index (κ1) is 20.5. The van der Waals surface area contributed by atoms with Crippen LogP contribution in [-0.2, 0) is 11.3 Å². The molecule has 1 aliphatic heterocycles. The number of imidazole rings is 1. The summed E-state index contributed by atoms with van der Waals surface area (Å²) < 4.78 is 8.21. The molecule has 1 atom stereocenters. The third-order valence-electron chi connectivity index (χ3n) is 5.92. The van der Waals surface area contributed by atoms with E-state index in [2.05, 4.69) is 41.8 Å². The minimum absolute atomic E-state index is 0.0914. The molecule has 1 saturated heterocycles. The summed E-state index contributed by atoms with van der Waals surface area (Å²) in [6.45, 7) is 6.45. The van der Waals surface area contributed by atoms with Gasteiger partial charge in [0, 0.05) is 19.5 Å². The number of aromatic nitrogens is 2. The number of fused-ring (bicyclic) bond motifs is 1. The Morgan fingerprint density at radius 3 is 2.73 bits per heavy atom. The van der Waals surface area contributed by atoms with Gasteiger partial charge in [0.15, 0.2) is 0 Å². The fourth-order valence-electron chi connectivity index (χ4n) is 4.32. The molecule has 1 fully saturated rings. The Hall–Kier alpha value is -2.82. The number of likely N-dealkylation sites (tertiary alicyclic amines) is 1. The van der Waals surface area contributed by atoms with Gasteiger partial charge < -0.3 is 14.2 Å². The second-order valence-corrected chi connectivity index (χ2v) is 8.08. The molecule has 2 heterocycles. The first-order chi connectivity index (χ1) is 14.7. The molecule has 1 aliphatic rings. The highest BCUT2D eigenvalue weighted by Crippen LogP contribution is 2.34. The average molecular weight is 406 g/mol. The zero-order chi connectivity index (χ0) is 20.9. The van der Waals surface area contributed by atoms with Crippen LogP contribution >= 0.6 is 0 Å². The maximum atomic E-state index is 12.5. The Kier molecular flexibility index (Phi) is 6.36. The van der Waals surface area contributed by atoms with Crippen molar-refractivity contribution in [2.75, 3.05) is 13.2 Å². The number of hydrogen-bond donors (Lipinski definition) is 0. The first-order valence-corrected chi connectivity index (χ1v) is 11.1. The van der Waals surface area contributed by atoms with Gasteiger partial charge in [0.2, 0.25) is 5.91 Å². The number of benzene rings is 2. The molecule has 0 aliphatic carbocycles. The topological polar surface area (TPSA) is 47.4 Å². The van der Waals surface area contributed by atoms with E-state index in [9.17, 15) is 4.79 Å². The van der Waals surface area contributed by atoms with Crippen molar-refractivity contribution in [1.29, 1.82) is 0 Å². The van der Waals surface area contributed by atoms with Crippen LogP contribution in [0.1, 0.15) is 56.5 Å². The number of aryl methyl sites for hydroxylation is 2. The van der Waals surface area contributed by atoms with Gasteiger partial charge in [-0.2, -0.15) is 0 Å². The zero-order valence-electron chi connectivity index (χ0n) is 18.0. The van der Waals surface area contributed by atoms with Crippen molar-refractivity contribution in [3.8, 4) is 5.75 Å². The molecule has 1 aromatic heterocycles. The van der Waals surface area contributed by atoms with Crippen molar-refractivity contribution in [3.63, 3.8) is 0 Å². The highest BCUT2D eigenvalue weighted by molar-refractivity contribution is 5.78. The van der Waals surface area contributed by atoms with E-state index in [-0.39, 0.29) is 11.9 Å². The third kappa shape index (κ3) is 4.35. The van der Waals surface area contributed by atoms with E-state index in [4.69, 9.17) is 9.72 Å². The quantitative estimate of drug-likeness (QED) is 0.479. The van der Waals surface area contributed by atoms with Crippen LogP contribution in [-0.4, -0.2) is 33.5 Å². The number of carbonyl (C=O) groups is 1. The molecule has 0 bridgehead atoms. The van der Waals surface area contributed by atoms with E-state index >= 15 is 0 Å². The van der Waals surface area contributed by atoms with E-state index in [1.165, 1.54) is 5.56 Å². The number of para-hydroxylation sites is 2. The molecule has 0 unspecified atom stereocenters. The van der Waals surface area contributed by atoms with Crippen molar-refractivity contribution in [1.82, 2.24) is 14.5 Å². The van der Waals surface area contributed by atoms with Gasteiger partial charge in [0.05, 0.1) is 23.7 Å². The predicted octanol–water partition coefficient (Wildman–Crippen LogP) is 5.28. The SMILES string of the molecule is CCC(=O)N1CCC[C@H]1c1nc2ccccc2n1CCCCOc1ccc(C)cc1. The molecule has 5 heteroatoms. The van der Waals surface area contributed by atoms with Crippen LogP contribution in [0.3, 0.4) is 0 Å². The largest absolute Gasteiger partial charge is 0.494 e. The number of unbranched alkanes of at least 4 members (excludes halogenated alkanes) is 1. The van der Waals surface area contributed by atoms with Crippen LogP contribution in [0, 0.1) is 6.92 Å². The summed E-state index contributed by atoms with van der Waals surface area (Å²) >= 11 is 0. The highest BCUT2D eigenvalue weighted by Gasteiger charge is 2.32. The third-order valence-corrected chi connectivity index (χ3v) is 5.92. The summed E-state index contributed by atoms with van der Waals surface area (Å²) in [6.07, 6.45) is 4.57. The first-order valence-electron chi connectivity index (χ1n) is 11.1. The van der Waals surface area contributed by atoms with Crippen molar-refractivity contribution >= 4 is 16.9 Å². The van der Waals surface area contributed by atoms with E-state index in [1.807, 2.05) is 30.0 Å². The number of ether oxygens (including phenoxy) is 1. The van der Waals surface area contributed by atoms with E-state index in [0.717, 1.165) is 61.4 Å². The molecule has 0 radical (unpaired) electrons. The summed E-state index contributed by atoms with van der Waals surface area (Å²) in [5.41, 5.74) is 3.41. The molecule has 158 valence electrons. The molecular weight excluding hydrogens is 374 g/mol. The second kappa shape index (κ2) is 9.33. The molecule has 30 heavy (non-hydrogen) atoms. The summed E-state index contributed by atoms with van der Waals surface area (Å²) in [7, 11) is 0. The lowest BCUT2D eigenvalue weighted by atomic mass is 10.2. The van der Waals surface area contributed by atoms with Gasteiger partial charge in [-0.15, -0.1) is 0 Å². The van der Waals surface area contributed by atoms with Gasteiger partial charge in [-0.1, -0.05) is 36.8 Å². The lowest BCUT2D eigenvalue weighted by molar-refractivity contribution is -0.131. The fraction of sp³-hybridized carbons (Fsp3) is 0.440. The van der Waals surface area contributed by atoms with Crippen molar-refractivity contribution < 1.29 is 9.53 Å². The number of rotatable bonds is 8. The summed E-state index contributed by atoms with van der Waals surface area (Å²) in [5.74, 6) is 2.19. The molecule has 0 N–H and O–H groups in total. The molecule has 5 nitrogen and oxygen atoms in total. The van der Waals surface area contributed by atoms with Gasteiger partial charge in [0.1, 0.15) is 11.6 Å². The standard InChI is InChI=1S/C25H31N3O2/c1-3-24(29)27-17-8-11-23(27)25-26-21-9-4-5-10-22(21)28(25)16-6-7-18-30-20-14-12-19(2)13-15-20/h4-5,9-10,12-15,23H,3,6-8,11,16-18H2,1-2H3/t23-/m0/s1. The maximum Gasteiger partial charge on any atom is 0.222 e. The average Bonchev–Trinajstić information content (AvgIpc) is 3.39. The van der Waals surface area contributed by atoms with Gasteiger partial charge in [-0.05, 0) is 56.9 Å². The van der Waals surface area contributed by atoms with Gasteiger partial charge in [-0.3, -0.25) is 4.79 Å². The minimum atomic E-state index is 0.0914. The van der Waals surface area contributed by atoms with Crippen molar-refractivity contribution in [2.45, 2.75) is 58.5 Å². The van der Waals surface area contributed by atoms with Crippen LogP contribution in [0.4, 0.5) is 0 Å². The number of hydrogen-bond acceptors (Lipinski definition) is 3. The van der Waals surface area contributed by atoms with Crippen molar-refractivity contribution in [2.24, 2.45) is 0 Å². The lowest BCUT2D eigenvalue weighted by Crippen LogP contribution is -2.31. The highest BCUT2D eigenvalue weighted by atomic mass is 16.5. The Bertz CT molecular complexity index is 993. The molecule has 0 spiro atoms. The zero-order valence-corrected chi connectivity index (χ0v) is 18.0. The predicted molar refractivity (Wildman–Crippen MR) is 120 cm³/mol. The summed E-state index contributed by atoms with van der Waals surface area (Å²) in [5, 5.41) is 0. The van der Waals surface area contributed by atoms with E-state index in [0.29, 0.717) is 13.0 Å². The van der Waals surface area contributed by atoms with Gasteiger partial charge >= 0.3 is 0 Å². The maximum absolute atomic E-state index is 12.5.